The lowest BCUT2D eigenvalue weighted by atomic mass is 10.4. The van der Waals surface area contributed by atoms with Crippen LogP contribution in [-0.4, -0.2) is 11.1 Å². The summed E-state index contributed by atoms with van der Waals surface area (Å²) in [5.74, 6) is 0. The maximum Gasteiger partial charge on any atom is 0.250 e. The molecular formula is C12H13BrN2OS. The average molecular weight is 313 g/mol. The molecule has 1 N–H and O–H groups in total. The van der Waals surface area contributed by atoms with Gasteiger partial charge >= 0.3 is 0 Å². The van der Waals surface area contributed by atoms with Gasteiger partial charge in [-0.25, -0.2) is 0 Å². The van der Waals surface area contributed by atoms with Gasteiger partial charge in [0.05, 0.1) is 0 Å². The minimum Gasteiger partial charge on any atom is -0.314 e. The summed E-state index contributed by atoms with van der Waals surface area (Å²) < 4.78 is 2.83. The summed E-state index contributed by atoms with van der Waals surface area (Å²) in [4.78, 5) is 12.7. The van der Waals surface area contributed by atoms with Crippen LogP contribution in [0.3, 0.4) is 0 Å². The van der Waals surface area contributed by atoms with Crippen LogP contribution in [0.15, 0.2) is 45.1 Å². The third-order valence-electron chi connectivity index (χ3n) is 2.35. The molecule has 0 aromatic carbocycles. The van der Waals surface area contributed by atoms with Gasteiger partial charge in [-0.2, -0.15) is 0 Å². The Morgan fingerprint density at radius 2 is 2.29 bits per heavy atom. The summed E-state index contributed by atoms with van der Waals surface area (Å²) in [6, 6.07) is 7.32. The molecule has 0 aliphatic carbocycles. The predicted octanol–water partition coefficient (Wildman–Crippen LogP) is 2.46. The molecule has 0 saturated carbocycles. The molecule has 90 valence electrons. The highest BCUT2D eigenvalue weighted by molar-refractivity contribution is 9.10. The van der Waals surface area contributed by atoms with Crippen LogP contribution in [0, 0.1) is 0 Å². The number of halogens is 1. The molecule has 0 spiro atoms. The number of hydrogen-bond acceptors (Lipinski definition) is 3. The van der Waals surface area contributed by atoms with E-state index >= 15 is 0 Å². The summed E-state index contributed by atoms with van der Waals surface area (Å²) in [6.45, 7) is 2.34. The number of nitrogens with zero attached hydrogens (tertiary/aromatic N) is 1. The van der Waals surface area contributed by atoms with E-state index in [9.17, 15) is 4.79 Å². The van der Waals surface area contributed by atoms with Gasteiger partial charge in [-0.3, -0.25) is 4.79 Å². The smallest absolute Gasteiger partial charge is 0.250 e. The highest BCUT2D eigenvalue weighted by atomic mass is 79.9. The number of hydrogen-bond donors (Lipinski definition) is 1. The minimum absolute atomic E-state index is 0.0492. The van der Waals surface area contributed by atoms with Crippen molar-refractivity contribution in [2.24, 2.45) is 0 Å². The Labute approximate surface area is 112 Å². The van der Waals surface area contributed by atoms with E-state index in [0.29, 0.717) is 6.54 Å². The van der Waals surface area contributed by atoms with E-state index in [1.54, 1.807) is 28.0 Å². The van der Waals surface area contributed by atoms with E-state index in [2.05, 4.69) is 32.7 Å². The molecule has 0 bridgehead atoms. The molecular weight excluding hydrogens is 300 g/mol. The molecule has 0 atom stereocenters. The largest absolute Gasteiger partial charge is 0.314 e. The van der Waals surface area contributed by atoms with Crippen LogP contribution < -0.4 is 10.9 Å². The van der Waals surface area contributed by atoms with E-state index in [1.807, 2.05) is 12.3 Å². The van der Waals surface area contributed by atoms with Gasteiger partial charge in [-0.05, 0) is 28.1 Å². The van der Waals surface area contributed by atoms with Gasteiger partial charge < -0.3 is 9.88 Å². The van der Waals surface area contributed by atoms with Crippen molar-refractivity contribution in [3.63, 3.8) is 0 Å². The normalized spacial score (nSPS) is 10.6. The fourth-order valence-corrected chi connectivity index (χ4v) is 2.92. The van der Waals surface area contributed by atoms with E-state index in [1.165, 1.54) is 4.88 Å². The van der Waals surface area contributed by atoms with E-state index < -0.39 is 0 Å². The van der Waals surface area contributed by atoms with Crippen LogP contribution in [0.1, 0.15) is 4.88 Å². The first-order chi connectivity index (χ1) is 8.25. The Bertz CT molecular complexity index is 535. The molecule has 2 rings (SSSR count). The molecule has 0 radical (unpaired) electrons. The zero-order valence-electron chi connectivity index (χ0n) is 9.23. The Morgan fingerprint density at radius 1 is 1.41 bits per heavy atom. The van der Waals surface area contributed by atoms with Crippen LogP contribution >= 0.6 is 27.3 Å². The number of rotatable bonds is 5. The van der Waals surface area contributed by atoms with Crippen LogP contribution in [0.2, 0.25) is 0 Å². The van der Waals surface area contributed by atoms with Crippen molar-refractivity contribution >= 4 is 27.3 Å². The lowest BCUT2D eigenvalue weighted by Crippen LogP contribution is -2.25. The lowest BCUT2D eigenvalue weighted by molar-refractivity contribution is 0.588. The lowest BCUT2D eigenvalue weighted by Gasteiger charge is -2.05. The molecule has 0 fully saturated rings. The summed E-state index contributed by atoms with van der Waals surface area (Å²) in [5.41, 5.74) is 0.0492. The Morgan fingerprint density at radius 3 is 3.00 bits per heavy atom. The van der Waals surface area contributed by atoms with Crippen LogP contribution in [0.5, 0.6) is 0 Å². The van der Waals surface area contributed by atoms with Crippen molar-refractivity contribution < 1.29 is 0 Å². The van der Waals surface area contributed by atoms with Crippen LogP contribution in [-0.2, 0) is 13.1 Å². The topological polar surface area (TPSA) is 34.0 Å². The molecule has 2 aromatic rings. The van der Waals surface area contributed by atoms with Gasteiger partial charge in [-0.15, -0.1) is 11.3 Å². The Kier molecular flexibility index (Phi) is 4.53. The number of nitrogens with one attached hydrogen (secondary N) is 1. The van der Waals surface area contributed by atoms with Crippen molar-refractivity contribution in [1.29, 1.82) is 0 Å². The SMILES string of the molecule is O=c1ccccn1CCNCc1cc(Br)cs1. The third kappa shape index (κ3) is 3.80. The van der Waals surface area contributed by atoms with Gasteiger partial charge in [-0.1, -0.05) is 6.07 Å². The quantitative estimate of drug-likeness (QED) is 0.861. The third-order valence-corrected chi connectivity index (χ3v) is 4.05. The molecule has 0 amide bonds. The van der Waals surface area contributed by atoms with Crippen molar-refractivity contribution in [2.45, 2.75) is 13.1 Å². The molecule has 2 aromatic heterocycles. The zero-order chi connectivity index (χ0) is 12.1. The fraction of sp³-hybridized carbons (Fsp3) is 0.250. The maximum absolute atomic E-state index is 11.4. The fourth-order valence-electron chi connectivity index (χ4n) is 1.50. The maximum atomic E-state index is 11.4. The minimum atomic E-state index is 0.0492. The van der Waals surface area contributed by atoms with Gasteiger partial charge in [0.15, 0.2) is 0 Å². The Hall–Kier alpha value is -0.910. The van der Waals surface area contributed by atoms with Gasteiger partial charge in [0, 0.05) is 46.6 Å². The van der Waals surface area contributed by atoms with Gasteiger partial charge in [0.1, 0.15) is 0 Å². The summed E-state index contributed by atoms with van der Waals surface area (Å²) in [6.07, 6.45) is 1.81. The van der Waals surface area contributed by atoms with Crippen molar-refractivity contribution in [2.75, 3.05) is 6.54 Å². The van der Waals surface area contributed by atoms with Crippen molar-refractivity contribution in [3.8, 4) is 0 Å². The highest BCUT2D eigenvalue weighted by Crippen LogP contribution is 2.19. The molecule has 3 nitrogen and oxygen atoms in total. The second-order valence-corrected chi connectivity index (χ2v) is 5.55. The number of thiophene rings is 1. The number of aromatic nitrogens is 1. The first kappa shape index (κ1) is 12.5. The van der Waals surface area contributed by atoms with E-state index in [0.717, 1.165) is 17.6 Å². The zero-order valence-corrected chi connectivity index (χ0v) is 11.6. The standard InChI is InChI=1S/C12H13BrN2OS/c13-10-7-11(17-9-10)8-14-4-6-15-5-2-1-3-12(15)16/h1-3,5,7,9,14H,4,6,8H2. The van der Waals surface area contributed by atoms with Crippen LogP contribution in [0.4, 0.5) is 0 Å². The predicted molar refractivity (Wildman–Crippen MR) is 74.4 cm³/mol. The average Bonchev–Trinajstić information content (AvgIpc) is 2.73. The molecule has 0 saturated heterocycles. The summed E-state index contributed by atoms with van der Waals surface area (Å²) in [7, 11) is 0. The van der Waals surface area contributed by atoms with E-state index in [-0.39, 0.29) is 5.56 Å². The number of pyridine rings is 1. The molecule has 0 unspecified atom stereocenters. The van der Waals surface area contributed by atoms with Gasteiger partial charge in [0.2, 0.25) is 0 Å². The molecule has 0 aliphatic rings. The van der Waals surface area contributed by atoms with Crippen LogP contribution in [0.25, 0.3) is 0 Å². The molecule has 0 aliphatic heterocycles. The first-order valence-electron chi connectivity index (χ1n) is 5.35. The molecule has 17 heavy (non-hydrogen) atoms. The van der Waals surface area contributed by atoms with E-state index in [4.69, 9.17) is 0 Å². The van der Waals surface area contributed by atoms with Gasteiger partial charge in [0.25, 0.3) is 5.56 Å². The first-order valence-corrected chi connectivity index (χ1v) is 7.02. The van der Waals surface area contributed by atoms with Crippen molar-refractivity contribution in [3.05, 3.63) is 55.5 Å². The van der Waals surface area contributed by atoms with Crippen molar-refractivity contribution in [1.82, 2.24) is 9.88 Å². The highest BCUT2D eigenvalue weighted by Gasteiger charge is 1.97. The Balaban J connectivity index is 1.77. The monoisotopic (exact) mass is 312 g/mol. The summed E-state index contributed by atoms with van der Waals surface area (Å²) in [5, 5.41) is 5.39. The molecule has 2 heterocycles. The second kappa shape index (κ2) is 6.14. The second-order valence-electron chi connectivity index (χ2n) is 3.64. The molecule has 5 heteroatoms. The summed E-state index contributed by atoms with van der Waals surface area (Å²) >= 11 is 5.15.